The summed E-state index contributed by atoms with van der Waals surface area (Å²) in [7, 11) is 0. The number of fused-ring (bicyclic) bond motifs is 10. The van der Waals surface area contributed by atoms with Crippen LogP contribution in [0, 0.1) is 0 Å². The minimum Gasteiger partial charge on any atom is -0.456 e. The molecule has 0 saturated heterocycles. The highest BCUT2D eigenvalue weighted by Gasteiger charge is 2.17. The third kappa shape index (κ3) is 4.57. The number of para-hydroxylation sites is 4. The lowest BCUT2D eigenvalue weighted by Gasteiger charge is -2.12. The van der Waals surface area contributed by atoms with Crippen molar-refractivity contribution < 1.29 is 4.42 Å². The molecule has 55 heavy (non-hydrogen) atoms. The van der Waals surface area contributed by atoms with Gasteiger partial charge in [-0.3, -0.25) is 0 Å². The van der Waals surface area contributed by atoms with Crippen molar-refractivity contribution in [2.45, 2.75) is 0 Å². The molecular weight excluding hydrogens is 669 g/mol. The molecule has 0 saturated carbocycles. The highest BCUT2D eigenvalue weighted by molar-refractivity contribution is 6.12. The molecule has 0 aliphatic rings. The molecule has 256 valence electrons. The third-order valence-electron chi connectivity index (χ3n) is 11.5. The second-order valence-corrected chi connectivity index (χ2v) is 14.6. The zero-order valence-corrected chi connectivity index (χ0v) is 29.8. The molecule has 12 aromatic rings. The summed E-state index contributed by atoms with van der Waals surface area (Å²) >= 11 is 0. The van der Waals surface area contributed by atoms with E-state index in [0.717, 1.165) is 33.3 Å². The fourth-order valence-corrected chi connectivity index (χ4v) is 8.89. The van der Waals surface area contributed by atoms with Gasteiger partial charge in [-0.1, -0.05) is 121 Å². The molecule has 0 aliphatic carbocycles. The largest absolute Gasteiger partial charge is 0.456 e. The molecule has 0 N–H and O–H groups in total. The first kappa shape index (κ1) is 30.1. The van der Waals surface area contributed by atoms with E-state index in [1.54, 1.807) is 0 Å². The zero-order valence-electron chi connectivity index (χ0n) is 29.8. The van der Waals surface area contributed by atoms with Gasteiger partial charge in [-0.05, 0) is 106 Å². The van der Waals surface area contributed by atoms with Crippen LogP contribution >= 0.6 is 0 Å². The molecule has 0 spiro atoms. The molecule has 0 fully saturated rings. The summed E-state index contributed by atoms with van der Waals surface area (Å²) in [5, 5.41) is 9.73. The number of rotatable bonds is 4. The maximum absolute atomic E-state index is 6.10. The molecule has 3 heterocycles. The third-order valence-corrected chi connectivity index (χ3v) is 11.5. The highest BCUT2D eigenvalue weighted by atomic mass is 16.3. The fraction of sp³-hybridized carbons (Fsp3) is 0. The van der Waals surface area contributed by atoms with E-state index in [0.29, 0.717) is 0 Å². The Hall–Kier alpha value is -7.36. The van der Waals surface area contributed by atoms with Crippen LogP contribution in [0.5, 0.6) is 0 Å². The van der Waals surface area contributed by atoms with E-state index in [2.05, 4.69) is 191 Å². The van der Waals surface area contributed by atoms with Crippen molar-refractivity contribution in [1.82, 2.24) is 9.13 Å². The van der Waals surface area contributed by atoms with Gasteiger partial charge >= 0.3 is 0 Å². The van der Waals surface area contributed by atoms with Gasteiger partial charge in [-0.2, -0.15) is 0 Å². The zero-order chi connectivity index (χ0) is 36.0. The predicted molar refractivity (Wildman–Crippen MR) is 231 cm³/mol. The summed E-state index contributed by atoms with van der Waals surface area (Å²) in [4.78, 5) is 0. The van der Waals surface area contributed by atoms with Gasteiger partial charge in [0.1, 0.15) is 11.2 Å². The van der Waals surface area contributed by atoms with Gasteiger partial charge in [0.05, 0.1) is 22.1 Å². The maximum atomic E-state index is 6.10. The standard InChI is InChI=1S/C52H32N2O/c1-2-10-39(11-3-1)53-47-15-7-4-12-41(47)43-25-21-37(31-49(43)53)38-22-26-44-42-13-5-8-16-48(42)54(50(44)32-38)40-24-20-34-28-33(18-19-35(34)29-40)36-23-27-52-46(30-36)45-14-6-9-17-51(45)55-52/h1-32H. The Bertz CT molecular complexity index is 3490. The number of nitrogens with zero attached hydrogens (tertiary/aromatic N) is 2. The van der Waals surface area contributed by atoms with Crippen LogP contribution in [0.4, 0.5) is 0 Å². The van der Waals surface area contributed by atoms with E-state index >= 15 is 0 Å². The summed E-state index contributed by atoms with van der Waals surface area (Å²) in [6.45, 7) is 0. The van der Waals surface area contributed by atoms with Crippen LogP contribution in [0.15, 0.2) is 199 Å². The molecule has 3 heteroatoms. The average Bonchev–Trinajstić information content (AvgIpc) is 3.90. The molecule has 12 rings (SSSR count). The van der Waals surface area contributed by atoms with Crippen molar-refractivity contribution in [3.8, 4) is 33.6 Å². The van der Waals surface area contributed by atoms with Crippen LogP contribution in [-0.4, -0.2) is 9.13 Å². The van der Waals surface area contributed by atoms with Gasteiger partial charge in [-0.25, -0.2) is 0 Å². The van der Waals surface area contributed by atoms with Crippen LogP contribution in [-0.2, 0) is 0 Å². The summed E-state index contributed by atoms with van der Waals surface area (Å²) in [5.74, 6) is 0. The van der Waals surface area contributed by atoms with Gasteiger partial charge in [0.2, 0.25) is 0 Å². The Morgan fingerprint density at radius 1 is 0.273 bits per heavy atom. The van der Waals surface area contributed by atoms with Gasteiger partial charge in [-0.15, -0.1) is 0 Å². The van der Waals surface area contributed by atoms with E-state index in [1.807, 2.05) is 12.1 Å². The Kier molecular flexibility index (Phi) is 6.34. The Balaban J connectivity index is 0.993. The van der Waals surface area contributed by atoms with E-state index in [1.165, 1.54) is 76.6 Å². The summed E-state index contributed by atoms with van der Waals surface area (Å²) in [6, 6.07) is 70.5. The van der Waals surface area contributed by atoms with Crippen molar-refractivity contribution in [1.29, 1.82) is 0 Å². The van der Waals surface area contributed by atoms with Gasteiger partial charge in [0, 0.05) is 43.7 Å². The van der Waals surface area contributed by atoms with E-state index < -0.39 is 0 Å². The minimum absolute atomic E-state index is 0.917. The molecule has 3 nitrogen and oxygen atoms in total. The minimum atomic E-state index is 0.917. The fourth-order valence-electron chi connectivity index (χ4n) is 8.89. The van der Waals surface area contributed by atoms with Crippen molar-refractivity contribution in [2.24, 2.45) is 0 Å². The first-order valence-corrected chi connectivity index (χ1v) is 18.8. The summed E-state index contributed by atoms with van der Waals surface area (Å²) in [6.07, 6.45) is 0. The predicted octanol–water partition coefficient (Wildman–Crippen LogP) is 14.3. The van der Waals surface area contributed by atoms with Crippen molar-refractivity contribution in [3.63, 3.8) is 0 Å². The average molecular weight is 701 g/mol. The Morgan fingerprint density at radius 3 is 1.49 bits per heavy atom. The molecule has 0 aliphatic heterocycles. The van der Waals surface area contributed by atoms with Gasteiger partial charge in [0.25, 0.3) is 0 Å². The number of benzene rings is 9. The lowest BCUT2D eigenvalue weighted by Crippen LogP contribution is -1.94. The van der Waals surface area contributed by atoms with E-state index in [4.69, 9.17) is 4.42 Å². The Labute approximate surface area is 316 Å². The number of furan rings is 1. The number of hydrogen-bond acceptors (Lipinski definition) is 1. The van der Waals surface area contributed by atoms with Crippen LogP contribution in [0.3, 0.4) is 0 Å². The lowest BCUT2D eigenvalue weighted by molar-refractivity contribution is 0.669. The topological polar surface area (TPSA) is 23.0 Å². The summed E-state index contributed by atoms with van der Waals surface area (Å²) < 4.78 is 10.9. The maximum Gasteiger partial charge on any atom is 0.135 e. The van der Waals surface area contributed by atoms with E-state index in [-0.39, 0.29) is 0 Å². The van der Waals surface area contributed by atoms with Gasteiger partial charge in [0.15, 0.2) is 0 Å². The van der Waals surface area contributed by atoms with Crippen LogP contribution < -0.4 is 0 Å². The molecule has 0 unspecified atom stereocenters. The SMILES string of the molecule is c1ccc(-n2c3ccccc3c3ccc(-c4ccc5c6ccccc6n(-c6ccc7cc(-c8ccc9oc%10ccccc%10c9c8)ccc7c6)c5c4)cc32)cc1. The lowest BCUT2D eigenvalue weighted by atomic mass is 9.99. The second kappa shape index (κ2) is 11.6. The molecule has 0 radical (unpaired) electrons. The Morgan fingerprint density at radius 2 is 0.764 bits per heavy atom. The molecule has 9 aromatic carbocycles. The molecule has 0 atom stereocenters. The van der Waals surface area contributed by atoms with Crippen LogP contribution in [0.2, 0.25) is 0 Å². The second-order valence-electron chi connectivity index (χ2n) is 14.6. The van der Waals surface area contributed by atoms with Crippen LogP contribution in [0.1, 0.15) is 0 Å². The first-order chi connectivity index (χ1) is 27.2. The number of aromatic nitrogens is 2. The smallest absolute Gasteiger partial charge is 0.135 e. The van der Waals surface area contributed by atoms with Crippen molar-refractivity contribution >= 4 is 76.3 Å². The normalized spacial score (nSPS) is 12.0. The first-order valence-electron chi connectivity index (χ1n) is 18.8. The molecule has 0 bridgehead atoms. The molecule has 0 amide bonds. The van der Waals surface area contributed by atoms with E-state index in [9.17, 15) is 0 Å². The quantitative estimate of drug-likeness (QED) is 0.179. The summed E-state index contributed by atoms with van der Waals surface area (Å²) in [5.41, 5.74) is 13.7. The van der Waals surface area contributed by atoms with Crippen LogP contribution in [0.25, 0.3) is 110 Å². The highest BCUT2D eigenvalue weighted by Crippen LogP contribution is 2.39. The molecule has 3 aromatic heterocycles. The van der Waals surface area contributed by atoms with Crippen molar-refractivity contribution in [2.75, 3.05) is 0 Å². The van der Waals surface area contributed by atoms with Gasteiger partial charge < -0.3 is 13.6 Å². The monoisotopic (exact) mass is 700 g/mol. The van der Waals surface area contributed by atoms with Crippen molar-refractivity contribution in [3.05, 3.63) is 194 Å². The molecular formula is C52H32N2O. The number of hydrogen-bond donors (Lipinski definition) is 0.